The maximum atomic E-state index is 13.2. The van der Waals surface area contributed by atoms with E-state index in [1.165, 1.54) is 12.1 Å². The SMILES string of the molecule is O=C(Cn1cc(I)cn1)N1CCCc2c1cnn2-c1ccc(F)cc1. The molecule has 1 aromatic carbocycles. The van der Waals surface area contributed by atoms with Crippen LogP contribution in [0, 0.1) is 9.39 Å². The van der Waals surface area contributed by atoms with Gasteiger partial charge in [0.2, 0.25) is 5.91 Å². The molecule has 1 aliphatic heterocycles. The summed E-state index contributed by atoms with van der Waals surface area (Å²) in [7, 11) is 0. The summed E-state index contributed by atoms with van der Waals surface area (Å²) in [6, 6.07) is 6.20. The Bertz CT molecular complexity index is 918. The monoisotopic (exact) mass is 451 g/mol. The molecule has 0 bridgehead atoms. The summed E-state index contributed by atoms with van der Waals surface area (Å²) in [4.78, 5) is 14.5. The van der Waals surface area contributed by atoms with Crippen LogP contribution in [0.15, 0.2) is 42.9 Å². The van der Waals surface area contributed by atoms with E-state index in [0.717, 1.165) is 33.5 Å². The summed E-state index contributed by atoms with van der Waals surface area (Å²) in [5.41, 5.74) is 2.59. The molecule has 1 amide bonds. The molecule has 0 N–H and O–H groups in total. The topological polar surface area (TPSA) is 56.0 Å². The predicted octanol–water partition coefficient (Wildman–Crippen LogP) is 2.79. The van der Waals surface area contributed by atoms with Gasteiger partial charge in [-0.3, -0.25) is 9.48 Å². The molecule has 0 atom stereocenters. The number of fused-ring (bicyclic) bond motifs is 1. The van der Waals surface area contributed by atoms with E-state index in [1.807, 2.05) is 6.20 Å². The van der Waals surface area contributed by atoms with Gasteiger partial charge in [-0.2, -0.15) is 10.2 Å². The molecule has 6 nitrogen and oxygen atoms in total. The van der Waals surface area contributed by atoms with Crippen LogP contribution in [-0.2, 0) is 17.8 Å². The second kappa shape index (κ2) is 6.58. The fourth-order valence-electron chi connectivity index (χ4n) is 3.06. The average molecular weight is 451 g/mol. The van der Waals surface area contributed by atoms with Crippen LogP contribution in [0.25, 0.3) is 5.69 Å². The van der Waals surface area contributed by atoms with E-state index in [9.17, 15) is 9.18 Å². The minimum absolute atomic E-state index is 0.0147. The van der Waals surface area contributed by atoms with Gasteiger partial charge in [0.05, 0.1) is 33.0 Å². The number of rotatable bonds is 3. The van der Waals surface area contributed by atoms with E-state index < -0.39 is 0 Å². The first kappa shape index (κ1) is 16.2. The van der Waals surface area contributed by atoms with Crippen LogP contribution in [0.5, 0.6) is 0 Å². The van der Waals surface area contributed by atoms with E-state index in [2.05, 4.69) is 32.8 Å². The van der Waals surface area contributed by atoms with E-state index in [4.69, 9.17) is 0 Å². The van der Waals surface area contributed by atoms with Crippen molar-refractivity contribution in [3.05, 3.63) is 57.9 Å². The van der Waals surface area contributed by atoms with Crippen LogP contribution in [0.1, 0.15) is 12.1 Å². The van der Waals surface area contributed by atoms with Crippen molar-refractivity contribution in [3.63, 3.8) is 0 Å². The molecule has 1 aliphatic rings. The smallest absolute Gasteiger partial charge is 0.248 e. The fraction of sp³-hybridized carbons (Fsp3) is 0.235. The average Bonchev–Trinajstić information content (AvgIpc) is 3.21. The number of aromatic nitrogens is 4. The third-order valence-electron chi connectivity index (χ3n) is 4.20. The Kier molecular flexibility index (Phi) is 4.28. The van der Waals surface area contributed by atoms with Crippen LogP contribution in [0.3, 0.4) is 0 Å². The lowest BCUT2D eigenvalue weighted by molar-refractivity contribution is -0.119. The zero-order chi connectivity index (χ0) is 17.4. The van der Waals surface area contributed by atoms with Crippen LogP contribution >= 0.6 is 22.6 Å². The molecule has 8 heteroatoms. The molecule has 0 aliphatic carbocycles. The third kappa shape index (κ3) is 3.17. The molecular formula is C17H15FIN5O. The van der Waals surface area contributed by atoms with Crippen molar-refractivity contribution in [3.8, 4) is 5.69 Å². The van der Waals surface area contributed by atoms with Crippen LogP contribution in [0.2, 0.25) is 0 Å². The van der Waals surface area contributed by atoms with E-state index in [1.54, 1.807) is 38.8 Å². The summed E-state index contributed by atoms with van der Waals surface area (Å²) in [6.07, 6.45) is 6.97. The number of benzene rings is 1. The predicted molar refractivity (Wildman–Crippen MR) is 99.1 cm³/mol. The van der Waals surface area contributed by atoms with Gasteiger partial charge in [0.1, 0.15) is 12.4 Å². The molecule has 0 radical (unpaired) electrons. The van der Waals surface area contributed by atoms with Crippen molar-refractivity contribution in [2.24, 2.45) is 0 Å². The first-order chi connectivity index (χ1) is 12.1. The first-order valence-electron chi connectivity index (χ1n) is 7.93. The van der Waals surface area contributed by atoms with Gasteiger partial charge in [0.15, 0.2) is 0 Å². The van der Waals surface area contributed by atoms with Crippen molar-refractivity contribution in [1.82, 2.24) is 19.6 Å². The van der Waals surface area contributed by atoms with Gasteiger partial charge in [-0.15, -0.1) is 0 Å². The molecular weight excluding hydrogens is 436 g/mol. The second-order valence-electron chi connectivity index (χ2n) is 5.87. The van der Waals surface area contributed by atoms with E-state index in [-0.39, 0.29) is 18.3 Å². The van der Waals surface area contributed by atoms with Gasteiger partial charge >= 0.3 is 0 Å². The minimum atomic E-state index is -0.282. The van der Waals surface area contributed by atoms with Crippen molar-refractivity contribution in [2.45, 2.75) is 19.4 Å². The van der Waals surface area contributed by atoms with Gasteiger partial charge in [-0.1, -0.05) is 0 Å². The number of amides is 1. The maximum Gasteiger partial charge on any atom is 0.248 e. The van der Waals surface area contributed by atoms with Crippen LogP contribution in [-0.4, -0.2) is 32.0 Å². The van der Waals surface area contributed by atoms with Gasteiger partial charge in [-0.25, -0.2) is 9.07 Å². The largest absolute Gasteiger partial charge is 0.308 e. The summed E-state index contributed by atoms with van der Waals surface area (Å²) in [5, 5.41) is 8.59. The van der Waals surface area contributed by atoms with E-state index in [0.29, 0.717) is 6.54 Å². The lowest BCUT2D eigenvalue weighted by Gasteiger charge is -2.27. The third-order valence-corrected chi connectivity index (χ3v) is 4.76. The highest BCUT2D eigenvalue weighted by Gasteiger charge is 2.26. The molecule has 3 heterocycles. The highest BCUT2D eigenvalue weighted by Crippen LogP contribution is 2.29. The molecule has 128 valence electrons. The summed E-state index contributed by atoms with van der Waals surface area (Å²) in [6.45, 7) is 0.865. The number of halogens is 2. The van der Waals surface area contributed by atoms with E-state index >= 15 is 0 Å². The number of nitrogens with zero attached hydrogens (tertiary/aromatic N) is 5. The number of hydrogen-bond acceptors (Lipinski definition) is 3. The van der Waals surface area contributed by atoms with Crippen LogP contribution in [0.4, 0.5) is 10.1 Å². The molecule has 0 spiro atoms. The zero-order valence-corrected chi connectivity index (χ0v) is 15.4. The van der Waals surface area contributed by atoms with Gasteiger partial charge in [0, 0.05) is 12.7 Å². The Morgan fingerprint density at radius 3 is 2.72 bits per heavy atom. The Hall–Kier alpha value is -2.23. The quantitative estimate of drug-likeness (QED) is 0.576. The summed E-state index contributed by atoms with van der Waals surface area (Å²) < 4.78 is 17.6. The number of anilines is 1. The Morgan fingerprint density at radius 1 is 1.20 bits per heavy atom. The normalized spacial score (nSPS) is 13.8. The Balaban J connectivity index is 1.62. The van der Waals surface area contributed by atoms with Gasteiger partial charge < -0.3 is 4.90 Å². The van der Waals surface area contributed by atoms with Gasteiger partial charge in [-0.05, 0) is 59.7 Å². The zero-order valence-electron chi connectivity index (χ0n) is 13.3. The molecule has 25 heavy (non-hydrogen) atoms. The molecule has 0 fully saturated rings. The van der Waals surface area contributed by atoms with Crippen molar-refractivity contribution >= 4 is 34.2 Å². The number of hydrogen-bond donors (Lipinski definition) is 0. The summed E-state index contributed by atoms with van der Waals surface area (Å²) in [5.74, 6) is -0.297. The minimum Gasteiger partial charge on any atom is -0.308 e. The molecule has 3 aromatic rings. The maximum absolute atomic E-state index is 13.2. The lowest BCUT2D eigenvalue weighted by atomic mass is 10.1. The van der Waals surface area contributed by atoms with Gasteiger partial charge in [0.25, 0.3) is 0 Å². The first-order valence-corrected chi connectivity index (χ1v) is 9.01. The lowest BCUT2D eigenvalue weighted by Crippen LogP contribution is -2.37. The highest BCUT2D eigenvalue weighted by molar-refractivity contribution is 14.1. The Labute approximate surface area is 157 Å². The van der Waals surface area contributed by atoms with Crippen molar-refractivity contribution < 1.29 is 9.18 Å². The molecule has 0 unspecified atom stereocenters. The molecule has 4 rings (SSSR count). The number of carbonyl (C=O) groups is 1. The second-order valence-corrected chi connectivity index (χ2v) is 7.12. The number of carbonyl (C=O) groups excluding carboxylic acids is 1. The van der Waals surface area contributed by atoms with Crippen molar-refractivity contribution in [1.29, 1.82) is 0 Å². The molecule has 0 saturated carbocycles. The fourth-order valence-corrected chi connectivity index (χ4v) is 3.51. The van der Waals surface area contributed by atoms with Crippen LogP contribution < -0.4 is 4.90 Å². The molecule has 2 aromatic heterocycles. The highest BCUT2D eigenvalue weighted by atomic mass is 127. The standard InChI is InChI=1S/C17H15FIN5O/c18-12-3-5-14(6-4-12)24-15-2-1-7-23(16(15)9-21-24)17(25)11-22-10-13(19)8-20-22/h3-6,8-10H,1-2,7,11H2. The van der Waals surface area contributed by atoms with Crippen molar-refractivity contribution in [2.75, 3.05) is 11.4 Å². The molecule has 0 saturated heterocycles. The summed E-state index contributed by atoms with van der Waals surface area (Å²) >= 11 is 2.17. The Morgan fingerprint density at radius 2 is 2.00 bits per heavy atom.